The van der Waals surface area contributed by atoms with Gasteiger partial charge in [0.25, 0.3) is 0 Å². The molecule has 1 aromatic carbocycles. The summed E-state index contributed by atoms with van der Waals surface area (Å²) in [4.78, 5) is 19.2. The third kappa shape index (κ3) is 4.49. The minimum absolute atomic E-state index is 0.0956. The van der Waals surface area contributed by atoms with Crippen molar-refractivity contribution >= 4 is 27.4 Å². The Morgan fingerprint density at radius 1 is 1.24 bits per heavy atom. The number of aliphatic imine (C=N–C) groups is 1. The highest BCUT2D eigenvalue weighted by atomic mass is 32.2. The third-order valence-corrected chi connectivity index (χ3v) is 8.81. The van der Waals surface area contributed by atoms with Gasteiger partial charge in [0.2, 0.25) is 0 Å². The molecule has 2 amide bonds. The topological polar surface area (TPSA) is 112 Å². The van der Waals surface area contributed by atoms with Crippen LogP contribution in [-0.4, -0.2) is 67.9 Å². The van der Waals surface area contributed by atoms with Crippen molar-refractivity contribution in [3.05, 3.63) is 52.6 Å². The summed E-state index contributed by atoms with van der Waals surface area (Å²) in [5, 5.41) is 10.5. The summed E-state index contributed by atoms with van der Waals surface area (Å²) in [6, 6.07) is 7.67. The molecule has 3 heterocycles. The lowest BCUT2D eigenvalue weighted by Crippen LogP contribution is -2.53. The lowest BCUT2D eigenvalue weighted by atomic mass is 10.0. The Hall–Kier alpha value is -2.69. The molecule has 9 nitrogen and oxygen atoms in total. The Kier molecular flexibility index (Phi) is 5.78. The van der Waals surface area contributed by atoms with E-state index in [1.165, 1.54) is 5.41 Å². The van der Waals surface area contributed by atoms with Crippen LogP contribution < -0.4 is 16.0 Å². The number of carbonyl (C=O) groups is 1. The second-order valence-electron chi connectivity index (χ2n) is 9.87. The Balaban J connectivity index is 1.46. The average Bonchev–Trinajstić information content (AvgIpc) is 3.58. The molecule has 1 saturated heterocycles. The highest BCUT2D eigenvalue weighted by Crippen LogP contribution is 2.36. The predicted molar refractivity (Wildman–Crippen MR) is 131 cm³/mol. The summed E-state index contributed by atoms with van der Waals surface area (Å²) in [6.07, 6.45) is 3.41. The number of amides is 2. The van der Waals surface area contributed by atoms with Gasteiger partial charge in [-0.25, -0.2) is 18.2 Å². The number of hydrogen-bond donors (Lipinski definition) is 3. The molecule has 0 spiro atoms. The number of ether oxygens (including phenoxy) is 1. The Labute approximate surface area is 200 Å². The third-order valence-electron chi connectivity index (χ3n) is 6.66. The number of carbonyl (C=O) groups excluding carboxylic acids is 1. The van der Waals surface area contributed by atoms with Crippen LogP contribution >= 0.6 is 0 Å². The van der Waals surface area contributed by atoms with E-state index in [2.05, 4.69) is 27.8 Å². The van der Waals surface area contributed by atoms with Crippen molar-refractivity contribution in [2.24, 2.45) is 4.99 Å². The molecule has 0 radical (unpaired) electrons. The first-order chi connectivity index (χ1) is 16.1. The Bertz CT molecular complexity index is 1180. The van der Waals surface area contributed by atoms with Gasteiger partial charge in [-0.1, -0.05) is 0 Å². The maximum Gasteiger partial charge on any atom is 0.319 e. The predicted octanol–water partition coefficient (Wildman–Crippen LogP) is 2.34. The lowest BCUT2D eigenvalue weighted by molar-refractivity contribution is -0.0136. The zero-order valence-corrected chi connectivity index (χ0v) is 20.5. The van der Waals surface area contributed by atoms with Crippen molar-refractivity contribution < 1.29 is 17.9 Å². The number of morpholine rings is 1. The van der Waals surface area contributed by atoms with Gasteiger partial charge in [-0.15, -0.1) is 0 Å². The lowest BCUT2D eigenvalue weighted by Gasteiger charge is -2.42. The van der Waals surface area contributed by atoms with Gasteiger partial charge in [0.15, 0.2) is 9.84 Å². The molecule has 0 aromatic heterocycles. The summed E-state index contributed by atoms with van der Waals surface area (Å²) >= 11 is 0. The molecule has 34 heavy (non-hydrogen) atoms. The van der Waals surface area contributed by atoms with Gasteiger partial charge in [0.05, 0.1) is 18.0 Å². The first-order valence-electron chi connectivity index (χ1n) is 11.7. The van der Waals surface area contributed by atoms with Crippen LogP contribution in [0.15, 0.2) is 52.0 Å². The van der Waals surface area contributed by atoms with E-state index in [0.29, 0.717) is 42.9 Å². The van der Waals surface area contributed by atoms with Crippen molar-refractivity contribution in [2.75, 3.05) is 25.1 Å². The fourth-order valence-electron chi connectivity index (χ4n) is 4.35. The van der Waals surface area contributed by atoms with E-state index in [1.54, 1.807) is 19.9 Å². The number of amidine groups is 1. The van der Waals surface area contributed by atoms with E-state index in [0.717, 1.165) is 24.1 Å². The van der Waals surface area contributed by atoms with Gasteiger partial charge in [0.1, 0.15) is 12.0 Å². The highest BCUT2D eigenvalue weighted by Gasteiger charge is 2.42. The molecule has 3 aliphatic heterocycles. The minimum atomic E-state index is -3.48. The fraction of sp³-hybridized carbons (Fsp3) is 0.500. The van der Waals surface area contributed by atoms with Gasteiger partial charge >= 0.3 is 6.03 Å². The summed E-state index contributed by atoms with van der Waals surface area (Å²) < 4.78 is 30.4. The zero-order valence-electron chi connectivity index (χ0n) is 19.7. The zero-order chi connectivity index (χ0) is 24.1. The number of nitrogens with one attached hydrogen (secondary N) is 3. The van der Waals surface area contributed by atoms with Crippen molar-refractivity contribution in [1.82, 2.24) is 15.5 Å². The van der Waals surface area contributed by atoms with Crippen molar-refractivity contribution in [2.45, 2.75) is 56.6 Å². The van der Waals surface area contributed by atoms with Crippen LogP contribution in [0.2, 0.25) is 0 Å². The molecule has 2 fully saturated rings. The molecule has 1 unspecified atom stereocenters. The van der Waals surface area contributed by atoms with E-state index in [-0.39, 0.29) is 12.1 Å². The molecule has 1 aromatic rings. The van der Waals surface area contributed by atoms with Crippen LogP contribution in [-0.2, 0) is 14.6 Å². The molecule has 10 heteroatoms. The molecule has 3 N–H and O–H groups in total. The summed E-state index contributed by atoms with van der Waals surface area (Å²) in [5.74, 6) is 0.663. The molecule has 0 bridgehead atoms. The number of sulfone groups is 1. The minimum Gasteiger partial charge on any atom is -0.379 e. The van der Waals surface area contributed by atoms with Gasteiger partial charge in [-0.05, 0) is 64.0 Å². The number of anilines is 1. The SMILES string of the molecule is CC1COCCN1[C@H]1N=C(c2ccc(NC(=O)NC3CC3)cc2)NC2=CC(C)(C)S(=O)(=O)C=C21. The molecular weight excluding hydrogens is 454 g/mol. The molecule has 1 saturated carbocycles. The van der Waals surface area contributed by atoms with Gasteiger partial charge in [-0.2, -0.15) is 0 Å². The van der Waals surface area contributed by atoms with E-state index in [9.17, 15) is 13.2 Å². The maximum absolute atomic E-state index is 12.9. The van der Waals surface area contributed by atoms with Crippen molar-refractivity contribution in [3.8, 4) is 0 Å². The number of urea groups is 1. The quantitative estimate of drug-likeness (QED) is 0.604. The molecule has 1 aliphatic carbocycles. The highest BCUT2D eigenvalue weighted by molar-refractivity contribution is 7.95. The Morgan fingerprint density at radius 3 is 2.65 bits per heavy atom. The van der Waals surface area contributed by atoms with E-state index in [4.69, 9.17) is 9.73 Å². The van der Waals surface area contributed by atoms with E-state index < -0.39 is 20.8 Å². The van der Waals surface area contributed by atoms with E-state index in [1.807, 2.05) is 24.3 Å². The van der Waals surface area contributed by atoms with Crippen LogP contribution in [0.25, 0.3) is 0 Å². The number of fused-ring (bicyclic) bond motifs is 1. The Morgan fingerprint density at radius 2 is 1.97 bits per heavy atom. The number of rotatable bonds is 4. The normalized spacial score (nSPS) is 27.9. The molecule has 5 rings (SSSR count). The number of nitrogens with zero attached hydrogens (tertiary/aromatic N) is 2. The second-order valence-corrected chi connectivity index (χ2v) is 12.2. The van der Waals surface area contributed by atoms with Gasteiger partial charge in [0, 0.05) is 46.6 Å². The van der Waals surface area contributed by atoms with Gasteiger partial charge < -0.3 is 20.7 Å². The van der Waals surface area contributed by atoms with Crippen LogP contribution in [0.3, 0.4) is 0 Å². The summed E-state index contributed by atoms with van der Waals surface area (Å²) in [7, 11) is -3.48. The van der Waals surface area contributed by atoms with Gasteiger partial charge in [-0.3, -0.25) is 4.90 Å². The first-order valence-corrected chi connectivity index (χ1v) is 13.2. The monoisotopic (exact) mass is 485 g/mol. The van der Waals surface area contributed by atoms with Crippen LogP contribution in [0.1, 0.15) is 39.2 Å². The van der Waals surface area contributed by atoms with Crippen LogP contribution in [0.4, 0.5) is 10.5 Å². The van der Waals surface area contributed by atoms with E-state index >= 15 is 0 Å². The first kappa shape index (κ1) is 23.1. The number of hydrogen-bond acceptors (Lipinski definition) is 7. The largest absolute Gasteiger partial charge is 0.379 e. The average molecular weight is 486 g/mol. The second kappa shape index (κ2) is 8.51. The summed E-state index contributed by atoms with van der Waals surface area (Å²) in [5.41, 5.74) is 2.97. The molecule has 2 atom stereocenters. The molecule has 4 aliphatic rings. The molecular formula is C24H31N5O4S. The number of benzene rings is 1. The van der Waals surface area contributed by atoms with Crippen LogP contribution in [0, 0.1) is 0 Å². The maximum atomic E-state index is 12.9. The van der Waals surface area contributed by atoms with Crippen molar-refractivity contribution in [1.29, 1.82) is 0 Å². The smallest absolute Gasteiger partial charge is 0.319 e. The summed E-state index contributed by atoms with van der Waals surface area (Å²) in [6.45, 7) is 7.28. The van der Waals surface area contributed by atoms with Crippen LogP contribution in [0.5, 0.6) is 0 Å². The van der Waals surface area contributed by atoms with Crippen molar-refractivity contribution in [3.63, 3.8) is 0 Å². The standard InChI is InChI=1S/C24H31N5O4S/c1-15-13-33-11-10-29(15)22-19-14-34(31,32)24(2,3)12-20(19)27-21(28-22)16-4-6-17(7-5-16)25-23(30)26-18-8-9-18/h4-7,12,14-15,18,22H,8-11,13H2,1-3H3,(H,27,28)(H2,25,26,30)/t15?,22-/m1/s1. The molecule has 182 valence electrons. The fourth-order valence-corrected chi connectivity index (χ4v) is 5.52.